The van der Waals surface area contributed by atoms with Crippen molar-refractivity contribution in [3.8, 4) is 0 Å². The zero-order valence-corrected chi connectivity index (χ0v) is 27.4. The van der Waals surface area contributed by atoms with Crippen LogP contribution < -0.4 is 0 Å². The van der Waals surface area contributed by atoms with Crippen LogP contribution in [0.5, 0.6) is 0 Å². The van der Waals surface area contributed by atoms with Crippen LogP contribution in [-0.4, -0.2) is 157 Å². The van der Waals surface area contributed by atoms with Crippen molar-refractivity contribution < 1.29 is 87.8 Å². The second kappa shape index (κ2) is 20.3. The van der Waals surface area contributed by atoms with Crippen molar-refractivity contribution in [2.45, 2.75) is 136 Å². The Morgan fingerprint density at radius 1 is 0.352 bits per heavy atom. The number of alkyl halides is 20. The van der Waals surface area contributed by atoms with E-state index in [0.717, 1.165) is 15.7 Å². The molecule has 0 aliphatic heterocycles. The van der Waals surface area contributed by atoms with Crippen molar-refractivity contribution >= 4 is 15.7 Å². The normalized spacial score (nSPS) is 23.9. The largest absolute Gasteiger partial charge is 0.245 e. The van der Waals surface area contributed by atoms with E-state index in [9.17, 15) is 87.8 Å². The summed E-state index contributed by atoms with van der Waals surface area (Å²) < 4.78 is 280. The Morgan fingerprint density at radius 3 is 0.778 bits per heavy atom. The fourth-order valence-corrected chi connectivity index (χ4v) is 4.59. The molecule has 6 nitrogen and oxygen atoms in total. The summed E-state index contributed by atoms with van der Waals surface area (Å²) in [4.78, 5) is 0.308. The van der Waals surface area contributed by atoms with Crippen molar-refractivity contribution in [2.24, 2.45) is 0 Å². The average molecular weight is 828 g/mol. The van der Waals surface area contributed by atoms with Crippen LogP contribution >= 0.6 is 0 Å². The Kier molecular flexibility index (Phi) is 17.7. The Hall–Kier alpha value is -2.99. The van der Waals surface area contributed by atoms with Crippen LogP contribution in [0.2, 0.25) is 12.6 Å². The third-order valence-corrected chi connectivity index (χ3v) is 8.06. The Bertz CT molecular complexity index is 1290. The molecule has 2 heterocycles. The van der Waals surface area contributed by atoms with Crippen LogP contribution in [0.15, 0.2) is 12.4 Å². The van der Waals surface area contributed by atoms with Gasteiger partial charge in [-0.2, -0.15) is 0 Å². The molecule has 0 aromatic carbocycles. The maximum atomic E-state index is 14.7. The zero-order valence-electron chi connectivity index (χ0n) is 27.4. The van der Waals surface area contributed by atoms with Gasteiger partial charge in [0, 0.05) is 0 Å². The molecule has 0 amide bonds. The smallest absolute Gasteiger partial charge is 0.179 e. The standard InChI is InChI=1S/C26H30B2F20N6/c27-1-5(29)9(31)13(35)17(39)21(43)25(47)23(45)19(41)15(37)11(33)7-3-53(51-49-7)54-4-8(50-52-54)12(34)16(38)20(42)24(46)26(48)22(44)18(40)14(36)10(32)6(30)2-28/h3-6,9-26H,1-2,27-28H2. The summed E-state index contributed by atoms with van der Waals surface area (Å²) >= 11 is 0. The van der Waals surface area contributed by atoms with Crippen molar-refractivity contribution in [1.82, 2.24) is 30.2 Å². The predicted molar refractivity (Wildman–Crippen MR) is 153 cm³/mol. The number of hydrogen-bond donors (Lipinski definition) is 0. The molecule has 0 N–H and O–H groups in total. The number of aromatic nitrogens is 6. The topological polar surface area (TPSA) is 61.4 Å². The van der Waals surface area contributed by atoms with E-state index in [2.05, 4.69) is 20.6 Å². The number of halogens is 20. The molecule has 0 radical (unpaired) electrons. The van der Waals surface area contributed by atoms with Gasteiger partial charge in [-0.05, 0) is 23.1 Å². The van der Waals surface area contributed by atoms with Gasteiger partial charge in [-0.1, -0.05) is 0 Å². The zero-order chi connectivity index (χ0) is 41.5. The lowest BCUT2D eigenvalue weighted by Crippen LogP contribution is -2.48. The quantitative estimate of drug-likeness (QED) is 0.112. The van der Waals surface area contributed by atoms with E-state index < -0.39 is 147 Å². The first-order chi connectivity index (χ1) is 25.0. The molecule has 0 aliphatic carbocycles. The van der Waals surface area contributed by atoms with Gasteiger partial charge >= 0.3 is 0 Å². The summed E-state index contributed by atoms with van der Waals surface area (Å²) in [6, 6.07) is 0. The van der Waals surface area contributed by atoms with Crippen LogP contribution in [0, 0.1) is 0 Å². The Morgan fingerprint density at radius 2 is 0.556 bits per heavy atom. The summed E-state index contributed by atoms with van der Waals surface area (Å²) in [5.74, 6) is 0. The highest BCUT2D eigenvalue weighted by atomic mass is 19.2. The molecule has 20 atom stereocenters. The minimum Gasteiger partial charge on any atom is -0.245 e. The van der Waals surface area contributed by atoms with E-state index in [4.69, 9.17) is 0 Å². The molecule has 2 rings (SSSR count). The highest BCUT2D eigenvalue weighted by Gasteiger charge is 2.51. The molecule has 0 aliphatic rings. The van der Waals surface area contributed by atoms with Gasteiger partial charge in [-0.25, -0.2) is 87.8 Å². The van der Waals surface area contributed by atoms with Crippen molar-refractivity contribution in [3.63, 3.8) is 0 Å². The molecule has 0 saturated heterocycles. The highest BCUT2D eigenvalue weighted by Crippen LogP contribution is 2.35. The first-order valence-corrected chi connectivity index (χ1v) is 15.7. The Balaban J connectivity index is 2.09. The van der Waals surface area contributed by atoms with E-state index in [1.807, 2.05) is 0 Å². The van der Waals surface area contributed by atoms with Gasteiger partial charge in [-0.15, -0.1) is 19.8 Å². The van der Waals surface area contributed by atoms with Crippen LogP contribution in [0.3, 0.4) is 0 Å². The van der Waals surface area contributed by atoms with Gasteiger partial charge < -0.3 is 0 Å². The second-order valence-corrected chi connectivity index (χ2v) is 11.9. The van der Waals surface area contributed by atoms with E-state index in [0.29, 0.717) is 0 Å². The summed E-state index contributed by atoms with van der Waals surface area (Å²) in [7, 11) is 1.94. The van der Waals surface area contributed by atoms with Crippen molar-refractivity contribution in [3.05, 3.63) is 23.8 Å². The molecule has 54 heavy (non-hydrogen) atoms. The molecule has 28 heteroatoms. The average Bonchev–Trinajstić information content (AvgIpc) is 3.88. The first kappa shape index (κ1) is 47.2. The van der Waals surface area contributed by atoms with E-state index in [-0.39, 0.29) is 22.0 Å². The molecule has 310 valence electrons. The predicted octanol–water partition coefficient (Wildman–Crippen LogP) is 5.39. The minimum atomic E-state index is -4.08. The van der Waals surface area contributed by atoms with Gasteiger partial charge in [0.25, 0.3) is 0 Å². The number of rotatable bonds is 23. The third-order valence-electron chi connectivity index (χ3n) is 8.06. The monoisotopic (exact) mass is 828 g/mol. The summed E-state index contributed by atoms with van der Waals surface area (Å²) in [5.41, 5.74) is -2.64. The van der Waals surface area contributed by atoms with Crippen LogP contribution in [-0.2, 0) is 0 Å². The van der Waals surface area contributed by atoms with Crippen molar-refractivity contribution in [2.75, 3.05) is 0 Å². The molecule has 0 saturated carbocycles. The molecule has 0 bridgehead atoms. The lowest BCUT2D eigenvalue weighted by molar-refractivity contribution is -0.0601. The maximum absolute atomic E-state index is 14.7. The summed E-state index contributed by atoms with van der Waals surface area (Å²) in [6.07, 6.45) is -75.2. The second-order valence-electron chi connectivity index (χ2n) is 11.9. The Labute approximate surface area is 294 Å². The molecule has 0 spiro atoms. The third kappa shape index (κ3) is 10.6. The number of hydrogen-bond acceptors (Lipinski definition) is 4. The molecule has 2 aromatic rings. The van der Waals surface area contributed by atoms with Crippen LogP contribution in [0.25, 0.3) is 0 Å². The minimum absolute atomic E-state index is 0.154. The molecular weight excluding hydrogens is 798 g/mol. The van der Waals surface area contributed by atoms with Gasteiger partial charge in [0.2, 0.25) is 0 Å². The van der Waals surface area contributed by atoms with Gasteiger partial charge in [0.05, 0.1) is 12.4 Å². The van der Waals surface area contributed by atoms with Gasteiger partial charge in [-0.3, -0.25) is 0 Å². The number of nitrogens with zero attached hydrogens (tertiary/aromatic N) is 6. The van der Waals surface area contributed by atoms with E-state index >= 15 is 0 Å². The van der Waals surface area contributed by atoms with Gasteiger partial charge in [0.1, 0.15) is 39.4 Å². The lowest BCUT2D eigenvalue weighted by Gasteiger charge is -2.27. The summed E-state index contributed by atoms with van der Waals surface area (Å²) in [5, 5.41) is 12.1. The molecule has 20 unspecified atom stereocenters. The lowest BCUT2D eigenvalue weighted by atomic mass is 9.92. The van der Waals surface area contributed by atoms with E-state index in [1.54, 1.807) is 0 Å². The molecular formula is C26H30B2F20N6. The molecule has 0 fully saturated rings. The fourth-order valence-electron chi connectivity index (χ4n) is 4.59. The van der Waals surface area contributed by atoms with E-state index in [1.165, 1.54) is 0 Å². The highest BCUT2D eigenvalue weighted by molar-refractivity contribution is 6.09. The maximum Gasteiger partial charge on any atom is 0.179 e. The van der Waals surface area contributed by atoms with Crippen LogP contribution in [0.4, 0.5) is 87.8 Å². The van der Waals surface area contributed by atoms with Gasteiger partial charge in [0.15, 0.2) is 111 Å². The van der Waals surface area contributed by atoms with Crippen molar-refractivity contribution in [1.29, 1.82) is 0 Å². The summed E-state index contributed by atoms with van der Waals surface area (Å²) in [6.45, 7) is 0. The first-order valence-electron chi connectivity index (χ1n) is 15.7. The molecule has 2 aromatic heterocycles. The fraction of sp³-hybridized carbons (Fsp3) is 0.846. The SMILES string of the molecule is BCC(F)C(F)C(F)C(F)C(F)C(F)C(F)C(F)C(F)C(F)c1cn(-n2cc(C(F)C(F)C(F)C(F)C(F)C(F)C(F)C(F)C(F)C(F)CB)nn2)nn1. The van der Waals surface area contributed by atoms with Crippen LogP contribution in [0.1, 0.15) is 23.7 Å².